The Balaban J connectivity index is 1.51. The minimum Gasteiger partial charge on any atom is -0.376 e. The molecule has 2 heterocycles. The Bertz CT molecular complexity index is 485. The van der Waals surface area contributed by atoms with Crippen LogP contribution in [0.15, 0.2) is 0 Å². The van der Waals surface area contributed by atoms with Crippen LogP contribution in [-0.4, -0.2) is 54.7 Å². The number of nitrogens with one attached hydrogen (secondary N) is 1. The fourth-order valence-corrected chi connectivity index (χ4v) is 3.84. The lowest BCUT2D eigenvalue weighted by Crippen LogP contribution is -2.51. The predicted octanol–water partition coefficient (Wildman–Crippen LogP) is 1.86. The van der Waals surface area contributed by atoms with E-state index in [0.29, 0.717) is 39.0 Å². The summed E-state index contributed by atoms with van der Waals surface area (Å²) in [6.07, 6.45) is -0.394. The second-order valence-corrected chi connectivity index (χ2v) is 6.99. The molecule has 0 aromatic rings. The van der Waals surface area contributed by atoms with Gasteiger partial charge in [0.25, 0.3) is 0 Å². The van der Waals surface area contributed by atoms with Gasteiger partial charge in [-0.2, -0.15) is 13.2 Å². The van der Waals surface area contributed by atoms with Gasteiger partial charge in [-0.15, -0.1) is 0 Å². The quantitative estimate of drug-likeness (QED) is 0.847. The zero-order chi connectivity index (χ0) is 17.3. The standard InChI is InChI=1S/C16H23F3N2O3/c17-16(18,19)15(23)20-12-6-9-24-13(12)10-4-7-21(8-5-10)14(22)11-2-1-3-11/h10-13H,1-9H2,(H,20,23)/t12-,13+/m1/s1. The molecule has 0 spiro atoms. The smallest absolute Gasteiger partial charge is 0.376 e. The Morgan fingerprint density at radius 2 is 1.71 bits per heavy atom. The minimum atomic E-state index is -4.87. The summed E-state index contributed by atoms with van der Waals surface area (Å²) < 4.78 is 42.9. The maximum atomic E-state index is 12.4. The van der Waals surface area contributed by atoms with Crippen LogP contribution in [0.1, 0.15) is 38.5 Å². The van der Waals surface area contributed by atoms with E-state index in [1.807, 2.05) is 4.90 Å². The first-order chi connectivity index (χ1) is 11.4. The van der Waals surface area contributed by atoms with Crippen LogP contribution in [0.25, 0.3) is 0 Å². The van der Waals surface area contributed by atoms with Crippen molar-refractivity contribution >= 4 is 11.8 Å². The zero-order valence-corrected chi connectivity index (χ0v) is 13.5. The monoisotopic (exact) mass is 348 g/mol. The average Bonchev–Trinajstić information content (AvgIpc) is 2.92. The predicted molar refractivity (Wildman–Crippen MR) is 79.0 cm³/mol. The molecule has 0 aromatic carbocycles. The van der Waals surface area contributed by atoms with Crippen molar-refractivity contribution in [1.29, 1.82) is 0 Å². The summed E-state index contributed by atoms with van der Waals surface area (Å²) in [5.74, 6) is -1.44. The van der Waals surface area contributed by atoms with E-state index >= 15 is 0 Å². The van der Waals surface area contributed by atoms with Crippen molar-refractivity contribution in [2.75, 3.05) is 19.7 Å². The minimum absolute atomic E-state index is 0.0801. The molecule has 3 rings (SSSR count). The third-order valence-electron chi connectivity index (χ3n) is 5.48. The summed E-state index contributed by atoms with van der Waals surface area (Å²) in [7, 11) is 0. The van der Waals surface area contributed by atoms with E-state index in [1.54, 1.807) is 0 Å². The van der Waals surface area contributed by atoms with E-state index in [4.69, 9.17) is 4.74 Å². The number of carbonyl (C=O) groups is 2. The molecule has 3 aliphatic rings. The van der Waals surface area contributed by atoms with Crippen molar-refractivity contribution in [1.82, 2.24) is 10.2 Å². The first kappa shape index (κ1) is 17.5. The number of piperidine rings is 1. The lowest BCUT2D eigenvalue weighted by Gasteiger charge is -2.39. The molecule has 1 N–H and O–H groups in total. The maximum absolute atomic E-state index is 12.4. The highest BCUT2D eigenvalue weighted by Gasteiger charge is 2.44. The van der Waals surface area contributed by atoms with Crippen LogP contribution in [-0.2, 0) is 14.3 Å². The van der Waals surface area contributed by atoms with Gasteiger partial charge < -0.3 is 15.0 Å². The highest BCUT2D eigenvalue weighted by atomic mass is 19.4. The molecule has 2 atom stereocenters. The molecule has 0 radical (unpaired) electrons. The molecule has 5 nitrogen and oxygen atoms in total. The number of halogens is 3. The van der Waals surface area contributed by atoms with Crippen LogP contribution in [0.4, 0.5) is 13.2 Å². The first-order valence-corrected chi connectivity index (χ1v) is 8.64. The van der Waals surface area contributed by atoms with Gasteiger partial charge in [-0.25, -0.2) is 0 Å². The third kappa shape index (κ3) is 3.68. The molecule has 1 saturated carbocycles. The number of rotatable bonds is 3. The van der Waals surface area contributed by atoms with E-state index in [2.05, 4.69) is 5.32 Å². The Labute approximate surface area is 138 Å². The van der Waals surface area contributed by atoms with E-state index in [0.717, 1.165) is 19.3 Å². The largest absolute Gasteiger partial charge is 0.471 e. The second-order valence-electron chi connectivity index (χ2n) is 6.99. The topological polar surface area (TPSA) is 58.6 Å². The third-order valence-corrected chi connectivity index (χ3v) is 5.48. The number of amides is 2. The average molecular weight is 348 g/mol. The number of likely N-dealkylation sites (tertiary alicyclic amines) is 1. The van der Waals surface area contributed by atoms with Crippen molar-refractivity contribution in [3.05, 3.63) is 0 Å². The maximum Gasteiger partial charge on any atom is 0.471 e. The molecule has 2 aliphatic heterocycles. The molecule has 136 valence electrons. The number of nitrogens with zero attached hydrogens (tertiary/aromatic N) is 1. The highest BCUT2D eigenvalue weighted by Crippen LogP contribution is 2.33. The van der Waals surface area contributed by atoms with Crippen molar-refractivity contribution in [3.8, 4) is 0 Å². The summed E-state index contributed by atoms with van der Waals surface area (Å²) in [5, 5.41) is 2.07. The van der Waals surface area contributed by atoms with Gasteiger partial charge >= 0.3 is 12.1 Å². The molecule has 0 unspecified atom stereocenters. The Kier molecular flexibility index (Phi) is 5.03. The molecule has 8 heteroatoms. The van der Waals surface area contributed by atoms with Crippen LogP contribution in [0.2, 0.25) is 0 Å². The van der Waals surface area contributed by atoms with Gasteiger partial charge in [0.1, 0.15) is 0 Å². The van der Waals surface area contributed by atoms with Crippen molar-refractivity contribution < 1.29 is 27.5 Å². The number of alkyl halides is 3. The Morgan fingerprint density at radius 3 is 2.25 bits per heavy atom. The van der Waals surface area contributed by atoms with Crippen LogP contribution in [0, 0.1) is 11.8 Å². The lowest BCUT2D eigenvalue weighted by molar-refractivity contribution is -0.175. The normalized spacial score (nSPS) is 29.4. The van der Waals surface area contributed by atoms with E-state index in [9.17, 15) is 22.8 Å². The summed E-state index contributed by atoms with van der Waals surface area (Å²) in [5.41, 5.74) is 0. The van der Waals surface area contributed by atoms with Crippen molar-refractivity contribution in [2.24, 2.45) is 11.8 Å². The SMILES string of the molecule is O=C(C1CCC1)N1CCC([C@@H]2OCC[C@H]2NC(=O)C(F)(F)F)CC1. The summed E-state index contributed by atoms with van der Waals surface area (Å²) in [6, 6.07) is -0.599. The van der Waals surface area contributed by atoms with Crippen LogP contribution in [0.3, 0.4) is 0 Å². The first-order valence-electron chi connectivity index (χ1n) is 8.64. The Morgan fingerprint density at radius 1 is 1.04 bits per heavy atom. The lowest BCUT2D eigenvalue weighted by atomic mass is 9.82. The fourth-order valence-electron chi connectivity index (χ4n) is 3.84. The van der Waals surface area contributed by atoms with E-state index in [1.165, 1.54) is 0 Å². The van der Waals surface area contributed by atoms with Gasteiger partial charge in [0.2, 0.25) is 5.91 Å². The summed E-state index contributed by atoms with van der Waals surface area (Å²) in [4.78, 5) is 25.3. The van der Waals surface area contributed by atoms with Crippen LogP contribution in [0.5, 0.6) is 0 Å². The van der Waals surface area contributed by atoms with Gasteiger partial charge in [0, 0.05) is 25.6 Å². The van der Waals surface area contributed by atoms with Gasteiger partial charge in [-0.05, 0) is 38.0 Å². The molecule has 24 heavy (non-hydrogen) atoms. The van der Waals surface area contributed by atoms with Crippen molar-refractivity contribution in [3.63, 3.8) is 0 Å². The molecule has 3 fully saturated rings. The summed E-state index contributed by atoms with van der Waals surface area (Å²) in [6.45, 7) is 1.61. The number of carbonyl (C=O) groups excluding carboxylic acids is 2. The Hall–Kier alpha value is -1.31. The molecule has 0 bridgehead atoms. The van der Waals surface area contributed by atoms with E-state index < -0.39 is 24.2 Å². The molecule has 0 aromatic heterocycles. The number of ether oxygens (including phenoxy) is 1. The molecular weight excluding hydrogens is 325 g/mol. The van der Waals surface area contributed by atoms with Gasteiger partial charge in [0.15, 0.2) is 0 Å². The van der Waals surface area contributed by atoms with Gasteiger partial charge in [-0.3, -0.25) is 9.59 Å². The highest BCUT2D eigenvalue weighted by molar-refractivity contribution is 5.82. The van der Waals surface area contributed by atoms with Crippen LogP contribution < -0.4 is 5.32 Å². The fraction of sp³-hybridized carbons (Fsp3) is 0.875. The summed E-state index contributed by atoms with van der Waals surface area (Å²) >= 11 is 0. The van der Waals surface area contributed by atoms with Gasteiger partial charge in [0.05, 0.1) is 12.1 Å². The zero-order valence-electron chi connectivity index (χ0n) is 13.5. The van der Waals surface area contributed by atoms with E-state index in [-0.39, 0.29) is 17.7 Å². The molecule has 2 amide bonds. The number of hydrogen-bond donors (Lipinski definition) is 1. The van der Waals surface area contributed by atoms with Gasteiger partial charge in [-0.1, -0.05) is 6.42 Å². The number of hydrogen-bond acceptors (Lipinski definition) is 3. The second kappa shape index (κ2) is 6.90. The van der Waals surface area contributed by atoms with Crippen LogP contribution >= 0.6 is 0 Å². The van der Waals surface area contributed by atoms with Crippen molar-refractivity contribution in [2.45, 2.75) is 56.8 Å². The molecule has 2 saturated heterocycles. The molecule has 1 aliphatic carbocycles. The molecular formula is C16H23F3N2O3.